The van der Waals surface area contributed by atoms with Gasteiger partial charge < -0.3 is 4.52 Å². The van der Waals surface area contributed by atoms with Gasteiger partial charge in [0.25, 0.3) is 5.91 Å². The number of rotatable bonds is 4. The van der Waals surface area contributed by atoms with Gasteiger partial charge in [-0.15, -0.1) is 0 Å². The van der Waals surface area contributed by atoms with Gasteiger partial charge in [0.2, 0.25) is 5.88 Å². The van der Waals surface area contributed by atoms with Gasteiger partial charge in [0, 0.05) is 17.2 Å². The van der Waals surface area contributed by atoms with E-state index in [1.165, 1.54) is 23.8 Å². The third-order valence-corrected chi connectivity index (χ3v) is 3.49. The maximum atomic E-state index is 13.1. The summed E-state index contributed by atoms with van der Waals surface area (Å²) in [4.78, 5) is 12.0. The van der Waals surface area contributed by atoms with Crippen molar-refractivity contribution in [3.63, 3.8) is 0 Å². The number of aryl methyl sites for hydroxylation is 1. The first kappa shape index (κ1) is 15.0. The monoisotopic (exact) mass is 310 g/mol. The second-order valence-corrected chi connectivity index (χ2v) is 5.09. The third kappa shape index (κ3) is 3.45. The molecule has 0 aliphatic rings. The first-order chi connectivity index (χ1) is 11.2. The van der Waals surface area contributed by atoms with E-state index < -0.39 is 11.7 Å². The van der Waals surface area contributed by atoms with E-state index in [0.717, 1.165) is 18.1 Å². The third-order valence-electron chi connectivity index (χ3n) is 3.49. The SMILES string of the molecule is CCc1ccc(-c2cc(NC(=O)c3cccc(F)c3)on2)cc1. The maximum Gasteiger partial charge on any atom is 0.258 e. The van der Waals surface area contributed by atoms with Crippen molar-refractivity contribution >= 4 is 11.8 Å². The Kier molecular flexibility index (Phi) is 4.19. The molecule has 2 aromatic carbocycles. The molecule has 0 aliphatic heterocycles. The second kappa shape index (κ2) is 6.44. The number of halogens is 1. The lowest BCUT2D eigenvalue weighted by Gasteiger charge is -2.00. The molecule has 1 heterocycles. The first-order valence-corrected chi connectivity index (χ1v) is 7.28. The van der Waals surface area contributed by atoms with Crippen LogP contribution in [0.5, 0.6) is 0 Å². The smallest absolute Gasteiger partial charge is 0.258 e. The molecular weight excluding hydrogens is 295 g/mol. The Morgan fingerprint density at radius 1 is 1.17 bits per heavy atom. The first-order valence-electron chi connectivity index (χ1n) is 7.28. The van der Waals surface area contributed by atoms with Gasteiger partial charge >= 0.3 is 0 Å². The predicted molar refractivity (Wildman–Crippen MR) is 85.7 cm³/mol. The van der Waals surface area contributed by atoms with Crippen molar-refractivity contribution in [2.45, 2.75) is 13.3 Å². The Labute approximate surface area is 132 Å². The number of anilines is 1. The zero-order valence-electron chi connectivity index (χ0n) is 12.5. The molecular formula is C18H15FN2O2. The number of carbonyl (C=O) groups is 1. The average Bonchev–Trinajstić information content (AvgIpc) is 3.03. The van der Waals surface area contributed by atoms with E-state index in [-0.39, 0.29) is 11.4 Å². The van der Waals surface area contributed by atoms with Crippen LogP contribution < -0.4 is 5.32 Å². The number of hydrogen-bond acceptors (Lipinski definition) is 3. The van der Waals surface area contributed by atoms with E-state index in [2.05, 4.69) is 17.4 Å². The van der Waals surface area contributed by atoms with Gasteiger partial charge in [-0.25, -0.2) is 4.39 Å². The van der Waals surface area contributed by atoms with E-state index in [0.29, 0.717) is 5.69 Å². The highest BCUT2D eigenvalue weighted by Gasteiger charge is 2.11. The molecule has 0 unspecified atom stereocenters. The normalized spacial score (nSPS) is 10.5. The highest BCUT2D eigenvalue weighted by Crippen LogP contribution is 2.22. The van der Waals surface area contributed by atoms with Crippen molar-refractivity contribution < 1.29 is 13.7 Å². The van der Waals surface area contributed by atoms with Crippen molar-refractivity contribution in [1.29, 1.82) is 0 Å². The van der Waals surface area contributed by atoms with Crippen LogP contribution in [-0.4, -0.2) is 11.1 Å². The van der Waals surface area contributed by atoms with Crippen molar-refractivity contribution in [1.82, 2.24) is 5.16 Å². The van der Waals surface area contributed by atoms with E-state index in [1.54, 1.807) is 6.07 Å². The van der Waals surface area contributed by atoms with Crippen LogP contribution >= 0.6 is 0 Å². The van der Waals surface area contributed by atoms with Gasteiger partial charge in [0.05, 0.1) is 0 Å². The predicted octanol–water partition coefficient (Wildman–Crippen LogP) is 4.30. The van der Waals surface area contributed by atoms with Crippen LogP contribution in [0.2, 0.25) is 0 Å². The molecule has 0 radical (unpaired) electrons. The fourth-order valence-corrected chi connectivity index (χ4v) is 2.20. The van der Waals surface area contributed by atoms with Crippen LogP contribution in [0, 0.1) is 5.82 Å². The standard InChI is InChI=1S/C18H15FN2O2/c1-2-12-6-8-13(9-7-12)16-11-17(23-21-16)20-18(22)14-4-3-5-15(19)10-14/h3-11H,2H2,1H3,(H,20,22). The van der Waals surface area contributed by atoms with E-state index in [9.17, 15) is 9.18 Å². The lowest BCUT2D eigenvalue weighted by atomic mass is 10.1. The summed E-state index contributed by atoms with van der Waals surface area (Å²) in [5, 5.41) is 6.51. The summed E-state index contributed by atoms with van der Waals surface area (Å²) in [6.07, 6.45) is 0.966. The summed E-state index contributed by atoms with van der Waals surface area (Å²) in [6.45, 7) is 2.09. The topological polar surface area (TPSA) is 55.1 Å². The van der Waals surface area contributed by atoms with Crippen molar-refractivity contribution in [3.05, 3.63) is 71.5 Å². The summed E-state index contributed by atoms with van der Waals surface area (Å²) in [5.41, 5.74) is 2.98. The van der Waals surface area contributed by atoms with Crippen LogP contribution in [0.15, 0.2) is 59.1 Å². The molecule has 1 amide bonds. The number of amides is 1. The van der Waals surface area contributed by atoms with Crippen molar-refractivity contribution in [2.24, 2.45) is 0 Å². The van der Waals surface area contributed by atoms with Crippen LogP contribution in [0.25, 0.3) is 11.3 Å². The van der Waals surface area contributed by atoms with Gasteiger partial charge in [-0.2, -0.15) is 0 Å². The van der Waals surface area contributed by atoms with Crippen molar-refractivity contribution in [3.8, 4) is 11.3 Å². The summed E-state index contributed by atoms with van der Waals surface area (Å²) in [7, 11) is 0. The second-order valence-electron chi connectivity index (χ2n) is 5.09. The molecule has 4 nitrogen and oxygen atoms in total. The largest absolute Gasteiger partial charge is 0.338 e. The van der Waals surface area contributed by atoms with Gasteiger partial charge in [-0.05, 0) is 30.2 Å². The summed E-state index contributed by atoms with van der Waals surface area (Å²) in [6, 6.07) is 15.0. The number of aromatic nitrogens is 1. The minimum atomic E-state index is -0.466. The zero-order chi connectivity index (χ0) is 16.2. The minimum absolute atomic E-state index is 0.217. The maximum absolute atomic E-state index is 13.1. The molecule has 0 fully saturated rings. The molecule has 0 atom stereocenters. The fourth-order valence-electron chi connectivity index (χ4n) is 2.20. The van der Waals surface area contributed by atoms with Gasteiger partial charge in [-0.3, -0.25) is 10.1 Å². The van der Waals surface area contributed by atoms with Crippen LogP contribution in [0.4, 0.5) is 10.3 Å². The molecule has 0 spiro atoms. The number of nitrogens with one attached hydrogen (secondary N) is 1. The number of hydrogen-bond donors (Lipinski definition) is 1. The molecule has 0 saturated heterocycles. The summed E-state index contributed by atoms with van der Waals surface area (Å²) in [5.74, 6) is -0.700. The molecule has 23 heavy (non-hydrogen) atoms. The average molecular weight is 310 g/mol. The molecule has 116 valence electrons. The minimum Gasteiger partial charge on any atom is -0.338 e. The van der Waals surface area contributed by atoms with Gasteiger partial charge in [0.15, 0.2) is 0 Å². The van der Waals surface area contributed by atoms with Crippen LogP contribution in [0.1, 0.15) is 22.8 Å². The molecule has 0 bridgehead atoms. The van der Waals surface area contributed by atoms with E-state index >= 15 is 0 Å². The Balaban J connectivity index is 1.75. The Morgan fingerprint density at radius 2 is 1.96 bits per heavy atom. The fraction of sp³-hybridized carbons (Fsp3) is 0.111. The van der Waals surface area contributed by atoms with Gasteiger partial charge in [0.1, 0.15) is 11.5 Å². The molecule has 1 aromatic heterocycles. The van der Waals surface area contributed by atoms with Gasteiger partial charge in [-0.1, -0.05) is 42.4 Å². The Morgan fingerprint density at radius 3 is 2.65 bits per heavy atom. The van der Waals surface area contributed by atoms with Crippen LogP contribution in [0.3, 0.4) is 0 Å². The lowest BCUT2D eigenvalue weighted by Crippen LogP contribution is -2.11. The zero-order valence-corrected chi connectivity index (χ0v) is 12.5. The summed E-state index contributed by atoms with van der Waals surface area (Å²) < 4.78 is 18.3. The van der Waals surface area contributed by atoms with E-state index in [4.69, 9.17) is 4.52 Å². The lowest BCUT2D eigenvalue weighted by molar-refractivity contribution is 0.102. The van der Waals surface area contributed by atoms with Crippen molar-refractivity contribution in [2.75, 3.05) is 5.32 Å². The number of benzene rings is 2. The molecule has 3 rings (SSSR count). The number of nitrogens with zero attached hydrogens (tertiary/aromatic N) is 1. The molecule has 3 aromatic rings. The molecule has 5 heteroatoms. The Bertz CT molecular complexity index is 825. The highest BCUT2D eigenvalue weighted by atomic mass is 19.1. The van der Waals surface area contributed by atoms with E-state index in [1.807, 2.05) is 24.3 Å². The molecule has 0 aliphatic carbocycles. The quantitative estimate of drug-likeness (QED) is 0.782. The summed E-state index contributed by atoms with van der Waals surface area (Å²) >= 11 is 0. The number of carbonyl (C=O) groups excluding carboxylic acids is 1. The Hall–Kier alpha value is -2.95. The highest BCUT2D eigenvalue weighted by molar-refractivity contribution is 6.03. The van der Waals surface area contributed by atoms with Crippen LogP contribution in [-0.2, 0) is 6.42 Å². The molecule has 1 N–H and O–H groups in total. The molecule has 0 saturated carbocycles.